The Morgan fingerprint density at radius 3 is 2.95 bits per heavy atom. The third kappa shape index (κ3) is 4.25. The minimum atomic E-state index is -1.33. The molecule has 1 aliphatic rings. The molecule has 1 saturated heterocycles. The molecule has 1 atom stereocenters. The van der Waals surface area contributed by atoms with Gasteiger partial charge in [-0.15, -0.1) is 0 Å². The zero-order valence-corrected chi connectivity index (χ0v) is 12.9. The van der Waals surface area contributed by atoms with Gasteiger partial charge in [-0.2, -0.15) is 0 Å². The predicted octanol–water partition coefficient (Wildman–Crippen LogP) is 2.30. The molecule has 1 amide bonds. The van der Waals surface area contributed by atoms with Gasteiger partial charge in [0.1, 0.15) is 5.67 Å². The topological polar surface area (TPSA) is 41.6 Å². The van der Waals surface area contributed by atoms with Crippen LogP contribution in [0.4, 0.5) is 10.1 Å². The highest BCUT2D eigenvalue weighted by molar-refractivity contribution is 5.93. The summed E-state index contributed by atoms with van der Waals surface area (Å²) < 4.78 is 19.2. The van der Waals surface area contributed by atoms with Gasteiger partial charge in [-0.05, 0) is 37.5 Å². The summed E-state index contributed by atoms with van der Waals surface area (Å²) in [4.78, 5) is 13.9. The van der Waals surface area contributed by atoms with Gasteiger partial charge in [-0.1, -0.05) is 12.1 Å². The molecule has 2 rings (SSSR count). The first-order chi connectivity index (χ1) is 9.92. The molecular formula is C16H23FN2O2. The molecule has 0 saturated carbocycles. The van der Waals surface area contributed by atoms with Crippen LogP contribution in [0.2, 0.25) is 0 Å². The number of nitrogens with one attached hydrogen (secondary N) is 1. The summed E-state index contributed by atoms with van der Waals surface area (Å²) in [5.41, 5.74) is 1.62. The van der Waals surface area contributed by atoms with Crippen molar-refractivity contribution in [2.45, 2.75) is 25.9 Å². The van der Waals surface area contributed by atoms with Crippen LogP contribution in [0, 0.1) is 13.8 Å². The zero-order chi connectivity index (χ0) is 15.5. The number of methoxy groups -OCH3 is 1. The number of hydrogen-bond donors (Lipinski definition) is 1. The van der Waals surface area contributed by atoms with Gasteiger partial charge in [0, 0.05) is 25.9 Å². The van der Waals surface area contributed by atoms with Gasteiger partial charge in [-0.25, -0.2) is 4.39 Å². The number of amides is 1. The summed E-state index contributed by atoms with van der Waals surface area (Å²) in [6, 6.07) is 5.93. The van der Waals surface area contributed by atoms with Crippen molar-refractivity contribution in [2.75, 3.05) is 38.7 Å². The minimum Gasteiger partial charge on any atom is -0.381 e. The van der Waals surface area contributed by atoms with E-state index in [-0.39, 0.29) is 25.6 Å². The van der Waals surface area contributed by atoms with Crippen molar-refractivity contribution in [3.05, 3.63) is 29.3 Å². The maximum absolute atomic E-state index is 14.3. The van der Waals surface area contributed by atoms with E-state index >= 15 is 0 Å². The summed E-state index contributed by atoms with van der Waals surface area (Å²) in [5.74, 6) is -0.106. The number of carbonyl (C=O) groups excluding carboxylic acids is 1. The van der Waals surface area contributed by atoms with E-state index in [4.69, 9.17) is 4.74 Å². The molecule has 4 nitrogen and oxygen atoms in total. The van der Waals surface area contributed by atoms with Crippen LogP contribution >= 0.6 is 0 Å². The number of ether oxygens (including phenoxy) is 1. The monoisotopic (exact) mass is 294 g/mol. The Kier molecular flexibility index (Phi) is 4.96. The molecule has 0 aliphatic carbocycles. The lowest BCUT2D eigenvalue weighted by molar-refractivity contribution is -0.117. The number of halogens is 1. The number of nitrogens with zero attached hydrogens (tertiary/aromatic N) is 1. The lowest BCUT2D eigenvalue weighted by Crippen LogP contribution is -2.37. The first kappa shape index (κ1) is 15.9. The molecule has 1 aromatic rings. The van der Waals surface area contributed by atoms with E-state index in [2.05, 4.69) is 5.32 Å². The average molecular weight is 294 g/mol. The molecule has 1 aromatic carbocycles. The van der Waals surface area contributed by atoms with Crippen LogP contribution in [0.1, 0.15) is 17.5 Å². The summed E-state index contributed by atoms with van der Waals surface area (Å²) in [6.07, 6.45) is 0.414. The maximum atomic E-state index is 14.3. The van der Waals surface area contributed by atoms with Gasteiger partial charge >= 0.3 is 0 Å². The molecule has 5 heteroatoms. The van der Waals surface area contributed by atoms with Crippen molar-refractivity contribution in [1.29, 1.82) is 0 Å². The molecule has 1 unspecified atom stereocenters. The predicted molar refractivity (Wildman–Crippen MR) is 81.3 cm³/mol. The van der Waals surface area contributed by atoms with Crippen LogP contribution in [0.25, 0.3) is 0 Å². The number of rotatable bonds is 5. The fourth-order valence-corrected chi connectivity index (χ4v) is 2.69. The Bertz CT molecular complexity index is 521. The molecule has 0 aromatic heterocycles. The van der Waals surface area contributed by atoms with Gasteiger partial charge in [0.05, 0.1) is 13.2 Å². The number of alkyl halides is 1. The summed E-state index contributed by atoms with van der Waals surface area (Å²) >= 11 is 0. The number of anilines is 1. The fourth-order valence-electron chi connectivity index (χ4n) is 2.69. The third-order valence-corrected chi connectivity index (χ3v) is 3.82. The van der Waals surface area contributed by atoms with Crippen molar-refractivity contribution in [3.63, 3.8) is 0 Å². The molecule has 0 bridgehead atoms. The molecule has 21 heavy (non-hydrogen) atoms. The van der Waals surface area contributed by atoms with E-state index in [0.29, 0.717) is 13.0 Å². The maximum Gasteiger partial charge on any atom is 0.238 e. The van der Waals surface area contributed by atoms with Gasteiger partial charge in [0.15, 0.2) is 0 Å². The minimum absolute atomic E-state index is 0.0854. The van der Waals surface area contributed by atoms with Gasteiger partial charge in [0.25, 0.3) is 0 Å². The molecular weight excluding hydrogens is 271 g/mol. The number of hydrogen-bond acceptors (Lipinski definition) is 3. The molecule has 1 fully saturated rings. The van der Waals surface area contributed by atoms with Crippen molar-refractivity contribution in [2.24, 2.45) is 0 Å². The van der Waals surface area contributed by atoms with Gasteiger partial charge in [-0.3, -0.25) is 9.69 Å². The van der Waals surface area contributed by atoms with Crippen LogP contribution in [0.5, 0.6) is 0 Å². The lowest BCUT2D eigenvalue weighted by Gasteiger charge is -2.20. The van der Waals surface area contributed by atoms with E-state index < -0.39 is 5.67 Å². The van der Waals surface area contributed by atoms with Crippen LogP contribution in [0.15, 0.2) is 18.2 Å². The van der Waals surface area contributed by atoms with Gasteiger partial charge < -0.3 is 10.1 Å². The smallest absolute Gasteiger partial charge is 0.238 e. The summed E-state index contributed by atoms with van der Waals surface area (Å²) in [7, 11) is 1.50. The van der Waals surface area contributed by atoms with E-state index in [1.54, 1.807) is 0 Å². The summed E-state index contributed by atoms with van der Waals surface area (Å²) in [5, 5.41) is 2.90. The quantitative estimate of drug-likeness (QED) is 0.906. The first-order valence-electron chi connectivity index (χ1n) is 7.19. The van der Waals surface area contributed by atoms with Crippen molar-refractivity contribution in [1.82, 2.24) is 4.90 Å². The zero-order valence-electron chi connectivity index (χ0n) is 12.9. The standard InChI is InChI=1S/C16H23FN2O2/c1-12-4-5-13(2)14(8-12)18-15(20)9-19-7-6-16(17,10-19)11-21-3/h4-5,8H,6-7,9-11H2,1-3H3,(H,18,20). The lowest BCUT2D eigenvalue weighted by atomic mass is 10.1. The number of benzene rings is 1. The van der Waals surface area contributed by atoms with E-state index in [1.807, 2.05) is 36.9 Å². The second-order valence-corrected chi connectivity index (χ2v) is 5.91. The average Bonchev–Trinajstić information content (AvgIpc) is 2.75. The SMILES string of the molecule is COCC1(F)CCN(CC(=O)Nc2cc(C)ccc2C)C1. The molecule has 116 valence electrons. The Labute approximate surface area is 125 Å². The highest BCUT2D eigenvalue weighted by Crippen LogP contribution is 2.25. The fraction of sp³-hybridized carbons (Fsp3) is 0.562. The number of carbonyl (C=O) groups is 1. The Morgan fingerprint density at radius 1 is 1.48 bits per heavy atom. The van der Waals surface area contributed by atoms with Crippen molar-refractivity contribution in [3.8, 4) is 0 Å². The molecule has 1 N–H and O–H groups in total. The third-order valence-electron chi connectivity index (χ3n) is 3.82. The second kappa shape index (κ2) is 6.54. The summed E-state index contributed by atoms with van der Waals surface area (Å²) in [6.45, 7) is 5.07. The van der Waals surface area contributed by atoms with Crippen LogP contribution in [-0.2, 0) is 9.53 Å². The molecule has 1 heterocycles. The number of likely N-dealkylation sites (tertiary alicyclic amines) is 1. The second-order valence-electron chi connectivity index (χ2n) is 5.91. The normalized spacial score (nSPS) is 22.5. The van der Waals surface area contributed by atoms with Crippen molar-refractivity contribution >= 4 is 11.6 Å². The van der Waals surface area contributed by atoms with Crippen LogP contribution in [-0.4, -0.2) is 49.8 Å². The largest absolute Gasteiger partial charge is 0.381 e. The van der Waals surface area contributed by atoms with E-state index in [1.165, 1.54) is 7.11 Å². The number of aryl methyl sites for hydroxylation is 2. The molecule has 0 spiro atoms. The van der Waals surface area contributed by atoms with Crippen LogP contribution in [0.3, 0.4) is 0 Å². The van der Waals surface area contributed by atoms with E-state index in [0.717, 1.165) is 16.8 Å². The van der Waals surface area contributed by atoms with E-state index in [9.17, 15) is 9.18 Å². The first-order valence-corrected chi connectivity index (χ1v) is 7.19. The van der Waals surface area contributed by atoms with Gasteiger partial charge in [0.2, 0.25) is 5.91 Å². The Morgan fingerprint density at radius 2 is 2.24 bits per heavy atom. The Hall–Kier alpha value is -1.46. The molecule has 1 aliphatic heterocycles. The van der Waals surface area contributed by atoms with Crippen LogP contribution < -0.4 is 5.32 Å². The van der Waals surface area contributed by atoms with Crippen molar-refractivity contribution < 1.29 is 13.9 Å². The Balaban J connectivity index is 1.90. The highest BCUT2D eigenvalue weighted by atomic mass is 19.1. The highest BCUT2D eigenvalue weighted by Gasteiger charge is 2.38. The molecule has 0 radical (unpaired) electrons.